The van der Waals surface area contributed by atoms with E-state index in [4.69, 9.17) is 0 Å². The number of carbonyl (C=O) groups is 1. The first-order valence-corrected chi connectivity index (χ1v) is 12.8. The lowest BCUT2D eigenvalue weighted by molar-refractivity contribution is -0.126. The molecule has 3 aromatic carbocycles. The van der Waals surface area contributed by atoms with Crippen LogP contribution in [0.5, 0.6) is 0 Å². The molecule has 1 fully saturated rings. The van der Waals surface area contributed by atoms with Gasteiger partial charge in [0, 0.05) is 6.54 Å². The number of aromatic nitrogens is 2. The molecule has 0 unspecified atom stereocenters. The molecule has 1 aromatic heterocycles. The van der Waals surface area contributed by atoms with Gasteiger partial charge in [0.1, 0.15) is 5.82 Å². The molecule has 4 aromatic rings. The van der Waals surface area contributed by atoms with Crippen LogP contribution in [0.3, 0.4) is 0 Å². The Kier molecular flexibility index (Phi) is 6.17. The van der Waals surface area contributed by atoms with Crippen LogP contribution in [0.15, 0.2) is 89.8 Å². The van der Waals surface area contributed by atoms with Gasteiger partial charge in [-0.25, -0.2) is 13.4 Å². The number of nitrogens with zero attached hydrogens (tertiary/aromatic N) is 2. The van der Waals surface area contributed by atoms with E-state index in [1.54, 1.807) is 30.3 Å². The average molecular weight is 475 g/mol. The highest BCUT2D eigenvalue weighted by molar-refractivity contribution is 7.89. The number of nitrogens with one attached hydrogen (secondary N) is 2. The molecule has 34 heavy (non-hydrogen) atoms. The largest absolute Gasteiger partial charge is 0.349 e. The van der Waals surface area contributed by atoms with Gasteiger partial charge < -0.3 is 10.3 Å². The molecular weight excluding hydrogens is 448 g/mol. The number of para-hydroxylation sites is 2. The van der Waals surface area contributed by atoms with Crippen LogP contribution in [0.2, 0.25) is 0 Å². The predicted octanol–water partition coefficient (Wildman–Crippen LogP) is 4.02. The van der Waals surface area contributed by atoms with Gasteiger partial charge in [-0.05, 0) is 42.7 Å². The van der Waals surface area contributed by atoms with Crippen molar-refractivity contribution in [1.82, 2.24) is 19.6 Å². The van der Waals surface area contributed by atoms with E-state index in [9.17, 15) is 13.2 Å². The monoisotopic (exact) mass is 474 g/mol. The highest BCUT2D eigenvalue weighted by atomic mass is 32.2. The normalized spacial score (nSPS) is 19.2. The van der Waals surface area contributed by atoms with Crippen molar-refractivity contribution >= 4 is 27.0 Å². The third-order valence-electron chi connectivity index (χ3n) is 6.31. The molecule has 174 valence electrons. The van der Waals surface area contributed by atoms with Crippen molar-refractivity contribution in [3.63, 3.8) is 0 Å². The van der Waals surface area contributed by atoms with Crippen molar-refractivity contribution < 1.29 is 13.2 Å². The summed E-state index contributed by atoms with van der Waals surface area (Å²) in [6, 6.07) is 25.4. The fourth-order valence-electron chi connectivity index (χ4n) is 4.56. The first-order chi connectivity index (χ1) is 16.5. The molecule has 8 heteroatoms. The average Bonchev–Trinajstić information content (AvgIpc) is 3.31. The van der Waals surface area contributed by atoms with E-state index in [0.29, 0.717) is 18.7 Å². The standard InChI is InChI=1S/C26H26N4O3S/c31-26(27-17-25-28-22-13-7-8-14-23(22)29-25)20-15-16-24(19-9-3-1-4-10-19)30(18-20)34(32,33)21-11-5-2-6-12-21/h1-14,20,24H,15-18H2,(H,27,31)(H,28,29)/t20-,24-/m1/s1. The smallest absolute Gasteiger partial charge is 0.243 e. The Morgan fingerprint density at radius 1 is 0.941 bits per heavy atom. The second-order valence-corrected chi connectivity index (χ2v) is 10.4. The van der Waals surface area contributed by atoms with Gasteiger partial charge in [0.25, 0.3) is 0 Å². The summed E-state index contributed by atoms with van der Waals surface area (Å²) in [5, 5.41) is 2.94. The maximum absolute atomic E-state index is 13.6. The number of amides is 1. The number of aromatic amines is 1. The van der Waals surface area contributed by atoms with Gasteiger partial charge >= 0.3 is 0 Å². The van der Waals surface area contributed by atoms with E-state index in [1.165, 1.54) is 4.31 Å². The minimum absolute atomic E-state index is 0.128. The number of sulfonamides is 1. The topological polar surface area (TPSA) is 95.2 Å². The maximum atomic E-state index is 13.6. The van der Waals surface area contributed by atoms with Crippen LogP contribution in [-0.4, -0.2) is 35.1 Å². The van der Waals surface area contributed by atoms with Crippen LogP contribution in [0.25, 0.3) is 11.0 Å². The van der Waals surface area contributed by atoms with Crippen molar-refractivity contribution in [2.45, 2.75) is 30.3 Å². The van der Waals surface area contributed by atoms with Crippen molar-refractivity contribution in [2.24, 2.45) is 5.92 Å². The van der Waals surface area contributed by atoms with Gasteiger partial charge in [-0.1, -0.05) is 60.7 Å². The van der Waals surface area contributed by atoms with Crippen molar-refractivity contribution in [1.29, 1.82) is 0 Å². The highest BCUT2D eigenvalue weighted by Crippen LogP contribution is 2.37. The third kappa shape index (κ3) is 4.47. The number of hydrogen-bond donors (Lipinski definition) is 2. The third-order valence-corrected chi connectivity index (χ3v) is 8.20. The molecule has 1 aliphatic heterocycles. The van der Waals surface area contributed by atoms with E-state index in [2.05, 4.69) is 15.3 Å². The summed E-state index contributed by atoms with van der Waals surface area (Å²) >= 11 is 0. The van der Waals surface area contributed by atoms with Crippen LogP contribution in [-0.2, 0) is 21.4 Å². The Bertz CT molecular complexity index is 1350. The fourth-order valence-corrected chi connectivity index (χ4v) is 6.27. The molecule has 1 amide bonds. The van der Waals surface area contributed by atoms with E-state index in [1.807, 2.05) is 54.6 Å². The molecule has 1 saturated heterocycles. The number of carbonyl (C=O) groups excluding carboxylic acids is 1. The van der Waals surface area contributed by atoms with E-state index < -0.39 is 15.9 Å². The number of piperidine rings is 1. The molecule has 2 heterocycles. The Morgan fingerprint density at radius 2 is 1.62 bits per heavy atom. The minimum atomic E-state index is -3.78. The SMILES string of the molecule is O=C(NCc1nc2ccccc2[nH]1)[C@@H]1CC[C@H](c2ccccc2)N(S(=O)(=O)c2ccccc2)C1. The number of hydrogen-bond acceptors (Lipinski definition) is 4. The molecule has 0 aliphatic carbocycles. The quantitative estimate of drug-likeness (QED) is 0.441. The number of benzene rings is 3. The van der Waals surface area contributed by atoms with Crippen LogP contribution in [0.4, 0.5) is 0 Å². The van der Waals surface area contributed by atoms with E-state index in [0.717, 1.165) is 16.6 Å². The molecule has 0 spiro atoms. The molecule has 2 atom stereocenters. The molecule has 0 radical (unpaired) electrons. The van der Waals surface area contributed by atoms with Crippen molar-refractivity contribution in [2.75, 3.05) is 6.54 Å². The van der Waals surface area contributed by atoms with Gasteiger partial charge in [0.05, 0.1) is 34.4 Å². The second kappa shape index (κ2) is 9.40. The number of H-pyrrole nitrogens is 1. The summed E-state index contributed by atoms with van der Waals surface area (Å²) in [6.07, 6.45) is 1.17. The maximum Gasteiger partial charge on any atom is 0.243 e. The number of rotatable bonds is 6. The van der Waals surface area contributed by atoms with Crippen molar-refractivity contribution in [3.8, 4) is 0 Å². The zero-order chi connectivity index (χ0) is 23.5. The summed E-state index contributed by atoms with van der Waals surface area (Å²) in [5.74, 6) is 0.0596. The van der Waals surface area contributed by atoms with Crippen LogP contribution in [0.1, 0.15) is 30.3 Å². The lowest BCUT2D eigenvalue weighted by atomic mass is 9.90. The zero-order valence-electron chi connectivity index (χ0n) is 18.6. The van der Waals surface area contributed by atoms with Gasteiger partial charge in [-0.15, -0.1) is 0 Å². The molecule has 0 bridgehead atoms. The van der Waals surface area contributed by atoms with Gasteiger partial charge in [-0.2, -0.15) is 4.31 Å². The molecule has 2 N–H and O–H groups in total. The fraction of sp³-hybridized carbons (Fsp3) is 0.231. The molecule has 7 nitrogen and oxygen atoms in total. The first kappa shape index (κ1) is 22.3. The van der Waals surface area contributed by atoms with Gasteiger partial charge in [0.2, 0.25) is 15.9 Å². The second-order valence-electron chi connectivity index (χ2n) is 8.51. The highest BCUT2D eigenvalue weighted by Gasteiger charge is 2.40. The Hall–Kier alpha value is -3.49. The Labute approximate surface area is 198 Å². The Balaban J connectivity index is 1.36. The lowest BCUT2D eigenvalue weighted by Crippen LogP contribution is -2.46. The Morgan fingerprint density at radius 3 is 2.35 bits per heavy atom. The first-order valence-electron chi connectivity index (χ1n) is 11.4. The summed E-state index contributed by atoms with van der Waals surface area (Å²) in [5.41, 5.74) is 2.69. The van der Waals surface area contributed by atoms with Gasteiger partial charge in [-0.3, -0.25) is 4.79 Å². The summed E-state index contributed by atoms with van der Waals surface area (Å²) in [4.78, 5) is 21.0. The van der Waals surface area contributed by atoms with Crippen LogP contribution in [0, 0.1) is 5.92 Å². The summed E-state index contributed by atoms with van der Waals surface area (Å²) in [6.45, 7) is 0.389. The molecule has 5 rings (SSSR count). The lowest BCUT2D eigenvalue weighted by Gasteiger charge is -2.38. The van der Waals surface area contributed by atoms with Gasteiger partial charge in [0.15, 0.2) is 0 Å². The predicted molar refractivity (Wildman–Crippen MR) is 130 cm³/mol. The van der Waals surface area contributed by atoms with E-state index >= 15 is 0 Å². The number of fused-ring (bicyclic) bond motifs is 1. The molecule has 0 saturated carbocycles. The summed E-state index contributed by atoms with van der Waals surface area (Å²) in [7, 11) is -3.78. The van der Waals surface area contributed by atoms with E-state index in [-0.39, 0.29) is 29.9 Å². The van der Waals surface area contributed by atoms with Crippen molar-refractivity contribution in [3.05, 3.63) is 96.3 Å². The zero-order valence-corrected chi connectivity index (χ0v) is 19.4. The number of imidazole rings is 1. The molecule has 1 aliphatic rings. The summed E-state index contributed by atoms with van der Waals surface area (Å²) < 4.78 is 28.7. The molecular formula is C26H26N4O3S. The van der Waals surface area contributed by atoms with Crippen LogP contribution < -0.4 is 5.32 Å². The minimum Gasteiger partial charge on any atom is -0.349 e. The van der Waals surface area contributed by atoms with Crippen LogP contribution >= 0.6 is 0 Å².